The smallest absolute Gasteiger partial charge is 0.282 e. The van der Waals surface area contributed by atoms with Gasteiger partial charge in [0.25, 0.3) is 11.8 Å². The number of hydrogen-bond acceptors (Lipinski definition) is 5. The Balaban J connectivity index is 1.08. The summed E-state index contributed by atoms with van der Waals surface area (Å²) in [6, 6.07) is 12.1. The number of nitrogens with one attached hydrogen (secondary N) is 1. The van der Waals surface area contributed by atoms with Gasteiger partial charge in [-0.15, -0.1) is 11.3 Å². The fourth-order valence-corrected chi connectivity index (χ4v) is 5.88. The molecular formula is C26H23ClFN5O2S. The van der Waals surface area contributed by atoms with Crippen LogP contribution in [0.5, 0.6) is 0 Å². The van der Waals surface area contributed by atoms with Gasteiger partial charge in [-0.05, 0) is 48.9 Å². The Labute approximate surface area is 216 Å². The van der Waals surface area contributed by atoms with E-state index in [0.29, 0.717) is 41.8 Å². The fourth-order valence-electron chi connectivity index (χ4n) is 4.97. The van der Waals surface area contributed by atoms with Gasteiger partial charge in [-0.1, -0.05) is 11.6 Å². The Hall–Kier alpha value is -3.27. The molecule has 0 bridgehead atoms. The highest BCUT2D eigenvalue weighted by atomic mass is 35.5. The molecule has 0 spiro atoms. The predicted octanol–water partition coefficient (Wildman–Crippen LogP) is 4.21. The van der Waals surface area contributed by atoms with Crippen LogP contribution in [0.25, 0.3) is 16.6 Å². The Morgan fingerprint density at radius 2 is 1.78 bits per heavy atom. The molecule has 1 atom stereocenters. The van der Waals surface area contributed by atoms with E-state index in [2.05, 4.69) is 10.3 Å². The number of fused-ring (bicyclic) bond motifs is 1. The zero-order valence-corrected chi connectivity index (χ0v) is 20.8. The van der Waals surface area contributed by atoms with Crippen molar-refractivity contribution in [3.8, 4) is 5.69 Å². The van der Waals surface area contributed by atoms with E-state index in [0.717, 1.165) is 23.0 Å². The van der Waals surface area contributed by atoms with Crippen LogP contribution >= 0.6 is 22.9 Å². The molecule has 0 aliphatic carbocycles. The van der Waals surface area contributed by atoms with E-state index in [1.165, 1.54) is 23.5 Å². The average Bonchev–Trinajstić information content (AvgIpc) is 3.62. The van der Waals surface area contributed by atoms with Gasteiger partial charge in [-0.3, -0.25) is 9.59 Å². The Bertz CT molecular complexity index is 1430. The molecule has 184 valence electrons. The van der Waals surface area contributed by atoms with Gasteiger partial charge in [-0.25, -0.2) is 9.37 Å². The number of nitrogens with zero attached hydrogens (tertiary/aromatic N) is 4. The van der Waals surface area contributed by atoms with E-state index >= 15 is 0 Å². The number of thiazole rings is 1. The highest BCUT2D eigenvalue weighted by molar-refractivity contribution is 7.11. The van der Waals surface area contributed by atoms with Crippen LogP contribution in [0.2, 0.25) is 5.02 Å². The minimum atomic E-state index is -0.294. The van der Waals surface area contributed by atoms with Gasteiger partial charge < -0.3 is 19.7 Å². The minimum Gasteiger partial charge on any atom is -0.335 e. The summed E-state index contributed by atoms with van der Waals surface area (Å²) in [5.41, 5.74) is 2.14. The highest BCUT2D eigenvalue weighted by Gasteiger charge is 2.36. The molecule has 2 amide bonds. The van der Waals surface area contributed by atoms with Crippen LogP contribution in [0, 0.1) is 5.82 Å². The van der Waals surface area contributed by atoms with Crippen molar-refractivity contribution in [1.29, 1.82) is 0 Å². The molecule has 2 fully saturated rings. The SMILES string of the molecule is O=C(c1nccs1)N1CC[C@H](NC2CN(C(=O)c3ccc4c(ccn4-c4ccc(F)cc4)c3Cl)C2)C1. The fraction of sp³-hybridized carbons (Fsp3) is 0.269. The molecule has 2 aliphatic rings. The molecular weight excluding hydrogens is 501 g/mol. The zero-order valence-electron chi connectivity index (χ0n) is 19.2. The van der Waals surface area contributed by atoms with Crippen molar-refractivity contribution in [3.63, 3.8) is 0 Å². The molecule has 1 N–H and O–H groups in total. The summed E-state index contributed by atoms with van der Waals surface area (Å²) in [5.74, 6) is -0.405. The first kappa shape index (κ1) is 23.1. The van der Waals surface area contributed by atoms with Crippen molar-refractivity contribution in [2.45, 2.75) is 18.5 Å². The number of carbonyl (C=O) groups is 2. The van der Waals surface area contributed by atoms with Gasteiger partial charge >= 0.3 is 0 Å². The van der Waals surface area contributed by atoms with Gasteiger partial charge in [0, 0.05) is 67.1 Å². The summed E-state index contributed by atoms with van der Waals surface area (Å²) >= 11 is 8.03. The molecule has 2 aromatic carbocycles. The van der Waals surface area contributed by atoms with Gasteiger partial charge in [-0.2, -0.15) is 0 Å². The second-order valence-corrected chi connectivity index (χ2v) is 10.4. The lowest BCUT2D eigenvalue weighted by molar-refractivity contribution is 0.0553. The lowest BCUT2D eigenvalue weighted by Crippen LogP contribution is -2.62. The van der Waals surface area contributed by atoms with Crippen LogP contribution in [-0.2, 0) is 0 Å². The molecule has 2 aromatic heterocycles. The predicted molar refractivity (Wildman–Crippen MR) is 137 cm³/mol. The Kier molecular flexibility index (Phi) is 5.99. The molecule has 4 aromatic rings. The van der Waals surface area contributed by atoms with Crippen LogP contribution in [0.1, 0.15) is 26.6 Å². The third-order valence-corrected chi connectivity index (χ3v) is 8.04. The third kappa shape index (κ3) is 4.17. The number of rotatable bonds is 5. The van der Waals surface area contributed by atoms with Gasteiger partial charge in [0.15, 0.2) is 5.01 Å². The summed E-state index contributed by atoms with van der Waals surface area (Å²) in [7, 11) is 0. The first-order chi connectivity index (χ1) is 17.5. The summed E-state index contributed by atoms with van der Waals surface area (Å²) < 4.78 is 15.2. The zero-order chi connectivity index (χ0) is 24.8. The topological polar surface area (TPSA) is 70.5 Å². The molecule has 7 nitrogen and oxygen atoms in total. The number of carbonyl (C=O) groups excluding carboxylic acids is 2. The first-order valence-corrected chi connectivity index (χ1v) is 13.0. The minimum absolute atomic E-state index is 0.0157. The van der Waals surface area contributed by atoms with E-state index in [4.69, 9.17) is 11.6 Å². The van der Waals surface area contributed by atoms with Gasteiger partial charge in [0.2, 0.25) is 0 Å². The maximum atomic E-state index is 13.3. The number of amides is 2. The summed E-state index contributed by atoms with van der Waals surface area (Å²) in [5, 5.41) is 7.11. The molecule has 4 heterocycles. The molecule has 10 heteroatoms. The second-order valence-electron chi connectivity index (χ2n) is 9.17. The van der Waals surface area contributed by atoms with Crippen LogP contribution in [-0.4, -0.2) is 69.4 Å². The molecule has 0 unspecified atom stereocenters. The van der Waals surface area contributed by atoms with E-state index < -0.39 is 0 Å². The molecule has 0 radical (unpaired) electrons. The van der Waals surface area contributed by atoms with Crippen molar-refractivity contribution in [2.24, 2.45) is 0 Å². The van der Waals surface area contributed by atoms with Crippen molar-refractivity contribution >= 4 is 45.7 Å². The largest absolute Gasteiger partial charge is 0.335 e. The maximum Gasteiger partial charge on any atom is 0.282 e. The molecule has 6 rings (SSSR count). The van der Waals surface area contributed by atoms with Gasteiger partial charge in [0.1, 0.15) is 5.82 Å². The average molecular weight is 524 g/mol. The van der Waals surface area contributed by atoms with Gasteiger partial charge in [0.05, 0.1) is 16.1 Å². The van der Waals surface area contributed by atoms with E-state index in [9.17, 15) is 14.0 Å². The second kappa shape index (κ2) is 9.31. The standard InChI is InChI=1S/C26H23ClFN5O2S/c27-23-20-8-11-33(19-3-1-16(28)2-4-19)22(20)6-5-21(23)25(34)32-14-18(15-32)30-17-7-10-31(13-17)26(35)24-29-9-12-36-24/h1-6,8-9,11-12,17-18,30H,7,10,13-15H2/t17-/m0/s1. The van der Waals surface area contributed by atoms with E-state index in [1.807, 2.05) is 33.2 Å². The lowest BCUT2D eigenvalue weighted by atomic mass is 10.0. The molecule has 2 aliphatic heterocycles. The van der Waals surface area contributed by atoms with Crippen LogP contribution < -0.4 is 5.32 Å². The van der Waals surface area contributed by atoms with Crippen LogP contribution in [0.4, 0.5) is 4.39 Å². The van der Waals surface area contributed by atoms with Crippen LogP contribution in [0.15, 0.2) is 60.2 Å². The number of hydrogen-bond donors (Lipinski definition) is 1. The number of benzene rings is 2. The normalized spacial score (nSPS) is 18.1. The van der Waals surface area contributed by atoms with Crippen molar-refractivity contribution in [3.05, 3.63) is 81.6 Å². The summed E-state index contributed by atoms with van der Waals surface area (Å²) in [4.78, 5) is 33.4. The first-order valence-electron chi connectivity index (χ1n) is 11.8. The summed E-state index contributed by atoms with van der Waals surface area (Å²) in [6.07, 6.45) is 4.40. The number of halogens is 2. The molecule has 0 saturated carbocycles. The maximum absolute atomic E-state index is 13.3. The molecule has 2 saturated heterocycles. The Morgan fingerprint density at radius 3 is 2.53 bits per heavy atom. The molecule has 36 heavy (non-hydrogen) atoms. The van der Waals surface area contributed by atoms with E-state index in [1.54, 1.807) is 29.3 Å². The van der Waals surface area contributed by atoms with Crippen LogP contribution in [0.3, 0.4) is 0 Å². The Morgan fingerprint density at radius 1 is 1.00 bits per heavy atom. The van der Waals surface area contributed by atoms with Crippen molar-refractivity contribution in [2.75, 3.05) is 26.2 Å². The van der Waals surface area contributed by atoms with Crippen molar-refractivity contribution < 1.29 is 14.0 Å². The number of likely N-dealkylation sites (tertiary alicyclic amines) is 2. The summed E-state index contributed by atoms with van der Waals surface area (Å²) in [6.45, 7) is 2.55. The highest BCUT2D eigenvalue weighted by Crippen LogP contribution is 2.32. The van der Waals surface area contributed by atoms with E-state index in [-0.39, 0.29) is 29.7 Å². The third-order valence-electron chi connectivity index (χ3n) is 6.87. The van der Waals surface area contributed by atoms with Crippen molar-refractivity contribution in [1.82, 2.24) is 24.7 Å². The number of aromatic nitrogens is 2. The monoisotopic (exact) mass is 523 g/mol. The lowest BCUT2D eigenvalue weighted by Gasteiger charge is -2.41. The quantitative estimate of drug-likeness (QED) is 0.425.